The van der Waals surface area contributed by atoms with Gasteiger partial charge in [0.1, 0.15) is 0 Å². The summed E-state index contributed by atoms with van der Waals surface area (Å²) in [4.78, 5) is 26.1. The van der Waals surface area contributed by atoms with E-state index in [4.69, 9.17) is 11.6 Å². The number of likely N-dealkylation sites (tertiary alicyclic amines) is 1. The van der Waals surface area contributed by atoms with Crippen LogP contribution in [-0.4, -0.2) is 35.0 Å². The van der Waals surface area contributed by atoms with E-state index < -0.39 is 17.3 Å². The predicted molar refractivity (Wildman–Crippen MR) is 83.9 cm³/mol. The summed E-state index contributed by atoms with van der Waals surface area (Å²) < 4.78 is 0. The van der Waals surface area contributed by atoms with Gasteiger partial charge in [0.15, 0.2) is 0 Å². The molecule has 1 saturated heterocycles. The highest BCUT2D eigenvalue weighted by atomic mass is 35.5. The number of hydrogen-bond donors (Lipinski definition) is 1. The summed E-state index contributed by atoms with van der Waals surface area (Å²) in [5.41, 5.74) is 0.351. The van der Waals surface area contributed by atoms with E-state index in [-0.39, 0.29) is 5.91 Å². The maximum Gasteiger partial charge on any atom is 0.308 e. The maximum absolute atomic E-state index is 13.1. The Morgan fingerprint density at radius 2 is 1.95 bits per heavy atom. The van der Waals surface area contributed by atoms with Crippen molar-refractivity contribution in [2.75, 3.05) is 13.1 Å². The highest BCUT2D eigenvalue weighted by molar-refractivity contribution is 6.31. The zero-order valence-electron chi connectivity index (χ0n) is 12.4. The van der Waals surface area contributed by atoms with Crippen LogP contribution in [0, 0.1) is 5.92 Å². The van der Waals surface area contributed by atoms with Gasteiger partial charge >= 0.3 is 5.97 Å². The Hall–Kier alpha value is -1.55. The molecule has 118 valence electrons. The van der Waals surface area contributed by atoms with Crippen molar-refractivity contribution in [3.05, 3.63) is 34.9 Å². The summed E-state index contributed by atoms with van der Waals surface area (Å²) >= 11 is 6.32. The third-order valence-electron chi connectivity index (χ3n) is 5.06. The fraction of sp³-hybridized carbons (Fsp3) is 0.529. The minimum Gasteiger partial charge on any atom is -0.481 e. The Morgan fingerprint density at radius 3 is 2.55 bits per heavy atom. The molecule has 1 aliphatic heterocycles. The molecule has 0 radical (unpaired) electrons. The molecule has 0 spiro atoms. The summed E-state index contributed by atoms with van der Waals surface area (Å²) in [6, 6.07) is 7.52. The molecule has 22 heavy (non-hydrogen) atoms. The fourth-order valence-corrected chi connectivity index (χ4v) is 3.96. The lowest BCUT2D eigenvalue weighted by Crippen LogP contribution is -2.54. The van der Waals surface area contributed by atoms with Gasteiger partial charge in [-0.2, -0.15) is 0 Å². The van der Waals surface area contributed by atoms with Crippen molar-refractivity contribution in [1.82, 2.24) is 4.90 Å². The Bertz CT molecular complexity index is 597. The van der Waals surface area contributed by atoms with Gasteiger partial charge in [-0.05, 0) is 37.3 Å². The number of amides is 1. The number of halogens is 1. The number of benzene rings is 1. The Balaban J connectivity index is 1.86. The third kappa shape index (κ3) is 2.50. The summed E-state index contributed by atoms with van der Waals surface area (Å²) in [6.45, 7) is 0.967. The van der Waals surface area contributed by atoms with E-state index >= 15 is 0 Å². The van der Waals surface area contributed by atoms with E-state index in [0.29, 0.717) is 24.5 Å². The predicted octanol–water partition coefficient (Wildman–Crippen LogP) is 3.08. The van der Waals surface area contributed by atoms with Gasteiger partial charge in [-0.15, -0.1) is 0 Å². The minimum absolute atomic E-state index is 0.0535. The van der Waals surface area contributed by atoms with Gasteiger partial charge < -0.3 is 10.0 Å². The number of carbonyl (C=O) groups is 2. The van der Waals surface area contributed by atoms with Gasteiger partial charge in [0, 0.05) is 18.1 Å². The summed E-state index contributed by atoms with van der Waals surface area (Å²) in [5, 5.41) is 9.84. The number of nitrogens with zero attached hydrogens (tertiary/aromatic N) is 1. The summed E-state index contributed by atoms with van der Waals surface area (Å²) in [6.07, 6.45) is 4.00. The number of rotatable bonds is 3. The molecule has 2 aliphatic rings. The average Bonchev–Trinajstić information content (AvgIpc) is 2.48. The zero-order valence-corrected chi connectivity index (χ0v) is 13.2. The highest BCUT2D eigenvalue weighted by Crippen LogP contribution is 2.47. The summed E-state index contributed by atoms with van der Waals surface area (Å²) in [5.74, 6) is -1.20. The van der Waals surface area contributed by atoms with Crippen molar-refractivity contribution in [2.24, 2.45) is 5.92 Å². The number of piperidine rings is 1. The van der Waals surface area contributed by atoms with Crippen LogP contribution in [0.15, 0.2) is 24.3 Å². The molecule has 1 aliphatic carbocycles. The number of hydrogen-bond acceptors (Lipinski definition) is 2. The van der Waals surface area contributed by atoms with Crippen LogP contribution in [-0.2, 0) is 15.0 Å². The molecule has 1 N–H and O–H groups in total. The van der Waals surface area contributed by atoms with E-state index in [1.54, 1.807) is 4.90 Å². The molecular formula is C17H20ClNO3. The van der Waals surface area contributed by atoms with Crippen LogP contribution in [0.3, 0.4) is 0 Å². The molecule has 1 saturated carbocycles. The lowest BCUT2D eigenvalue weighted by molar-refractivity contribution is -0.149. The van der Waals surface area contributed by atoms with Crippen LogP contribution >= 0.6 is 11.6 Å². The van der Waals surface area contributed by atoms with Gasteiger partial charge in [-0.3, -0.25) is 9.59 Å². The van der Waals surface area contributed by atoms with Crippen molar-refractivity contribution >= 4 is 23.5 Å². The normalized spacial score (nSPS) is 23.7. The number of carbonyl (C=O) groups excluding carboxylic acids is 1. The lowest BCUT2D eigenvalue weighted by atomic mass is 9.63. The first-order valence-electron chi connectivity index (χ1n) is 7.82. The van der Waals surface area contributed by atoms with E-state index in [9.17, 15) is 14.7 Å². The van der Waals surface area contributed by atoms with E-state index in [0.717, 1.165) is 31.2 Å². The van der Waals surface area contributed by atoms with Crippen LogP contribution in [0.1, 0.15) is 37.7 Å². The van der Waals surface area contributed by atoms with E-state index in [1.165, 1.54) is 0 Å². The molecule has 5 heteroatoms. The van der Waals surface area contributed by atoms with Crippen LogP contribution in [0.2, 0.25) is 5.02 Å². The molecular weight excluding hydrogens is 302 g/mol. The van der Waals surface area contributed by atoms with Crippen LogP contribution in [0.5, 0.6) is 0 Å². The zero-order chi connectivity index (χ0) is 15.7. The van der Waals surface area contributed by atoms with Crippen molar-refractivity contribution in [3.63, 3.8) is 0 Å². The highest BCUT2D eigenvalue weighted by Gasteiger charge is 2.49. The van der Waals surface area contributed by atoms with Gasteiger partial charge in [0.05, 0.1) is 11.3 Å². The second-order valence-electron chi connectivity index (χ2n) is 6.34. The van der Waals surface area contributed by atoms with Crippen LogP contribution < -0.4 is 0 Å². The SMILES string of the molecule is O=C(O)C1CCCN(C(=O)C2(c3ccccc3Cl)CCC2)C1. The van der Waals surface area contributed by atoms with Crippen molar-refractivity contribution in [3.8, 4) is 0 Å². The topological polar surface area (TPSA) is 57.6 Å². The molecule has 1 unspecified atom stereocenters. The molecule has 1 atom stereocenters. The van der Waals surface area contributed by atoms with Crippen molar-refractivity contribution in [2.45, 2.75) is 37.5 Å². The molecule has 4 nitrogen and oxygen atoms in total. The molecule has 2 fully saturated rings. The maximum atomic E-state index is 13.1. The second-order valence-corrected chi connectivity index (χ2v) is 6.75. The quantitative estimate of drug-likeness (QED) is 0.930. The van der Waals surface area contributed by atoms with E-state index in [1.807, 2.05) is 24.3 Å². The molecule has 0 aromatic heterocycles. The average molecular weight is 322 g/mol. The first-order valence-corrected chi connectivity index (χ1v) is 8.19. The van der Waals surface area contributed by atoms with Gasteiger partial charge in [-0.1, -0.05) is 36.2 Å². The molecule has 1 aromatic carbocycles. The standard InChI is InChI=1S/C17H20ClNO3/c18-14-7-2-1-6-13(14)17(8-4-9-17)16(22)19-10-3-5-12(11-19)15(20)21/h1-2,6-7,12H,3-5,8-11H2,(H,20,21). The molecule has 0 bridgehead atoms. The third-order valence-corrected chi connectivity index (χ3v) is 5.39. The first kappa shape index (κ1) is 15.3. The van der Waals surface area contributed by atoms with Gasteiger partial charge in [0.2, 0.25) is 5.91 Å². The monoisotopic (exact) mass is 321 g/mol. The summed E-state index contributed by atoms with van der Waals surface area (Å²) in [7, 11) is 0. The molecule has 1 amide bonds. The van der Waals surface area contributed by atoms with Gasteiger partial charge in [-0.25, -0.2) is 0 Å². The van der Waals surface area contributed by atoms with Crippen molar-refractivity contribution < 1.29 is 14.7 Å². The van der Waals surface area contributed by atoms with Crippen molar-refractivity contribution in [1.29, 1.82) is 0 Å². The fourth-order valence-electron chi connectivity index (χ4n) is 3.64. The smallest absolute Gasteiger partial charge is 0.308 e. The molecule has 1 heterocycles. The molecule has 1 aromatic rings. The minimum atomic E-state index is -0.807. The number of carboxylic acids is 1. The number of carboxylic acid groups (broad SMARTS) is 1. The lowest BCUT2D eigenvalue weighted by Gasteiger charge is -2.45. The molecule has 3 rings (SSSR count). The Labute approximate surface area is 135 Å². The Morgan fingerprint density at radius 1 is 1.23 bits per heavy atom. The first-order chi connectivity index (χ1) is 10.5. The van der Waals surface area contributed by atoms with Gasteiger partial charge in [0.25, 0.3) is 0 Å². The van der Waals surface area contributed by atoms with E-state index in [2.05, 4.69) is 0 Å². The number of aliphatic carboxylic acids is 1. The second kappa shape index (κ2) is 5.92. The Kier molecular flexibility index (Phi) is 4.13. The largest absolute Gasteiger partial charge is 0.481 e. The van der Waals surface area contributed by atoms with Crippen LogP contribution in [0.4, 0.5) is 0 Å². The van der Waals surface area contributed by atoms with Crippen LogP contribution in [0.25, 0.3) is 0 Å².